The molecule has 1 fully saturated rings. The fourth-order valence-corrected chi connectivity index (χ4v) is 3.76. The second kappa shape index (κ2) is 8.89. The van der Waals surface area contributed by atoms with E-state index in [1.54, 1.807) is 12.1 Å². The molecule has 1 aliphatic rings. The predicted molar refractivity (Wildman–Crippen MR) is 122 cm³/mol. The van der Waals surface area contributed by atoms with Crippen LogP contribution in [0.25, 0.3) is 22.5 Å². The molecule has 2 N–H and O–H groups in total. The van der Waals surface area contributed by atoms with E-state index in [0.717, 1.165) is 43.0 Å². The lowest BCUT2D eigenvalue weighted by atomic mass is 10.1. The summed E-state index contributed by atoms with van der Waals surface area (Å²) in [6.07, 6.45) is 0. The van der Waals surface area contributed by atoms with E-state index < -0.39 is 0 Å². The van der Waals surface area contributed by atoms with Crippen molar-refractivity contribution in [2.45, 2.75) is 19.9 Å². The number of hydrogen-bond donors (Lipinski definition) is 2. The molecule has 6 nitrogen and oxygen atoms in total. The first kappa shape index (κ1) is 21.1. The lowest BCUT2D eigenvalue weighted by Crippen LogP contribution is -2.44. The van der Waals surface area contributed by atoms with Gasteiger partial charge in [-0.05, 0) is 51.2 Å². The quantitative estimate of drug-likeness (QED) is 0.658. The van der Waals surface area contributed by atoms with E-state index in [-0.39, 0.29) is 17.8 Å². The molecule has 1 aliphatic heterocycles. The Kier molecular flexibility index (Phi) is 6.04. The summed E-state index contributed by atoms with van der Waals surface area (Å²) in [6, 6.07) is 14.6. The molecule has 1 amide bonds. The summed E-state index contributed by atoms with van der Waals surface area (Å²) in [6.45, 7) is 7.36. The molecule has 0 spiro atoms. The van der Waals surface area contributed by atoms with Crippen molar-refractivity contribution < 1.29 is 9.18 Å². The third-order valence-corrected chi connectivity index (χ3v) is 5.52. The first-order valence-corrected chi connectivity index (χ1v) is 10.6. The van der Waals surface area contributed by atoms with Gasteiger partial charge in [0.1, 0.15) is 5.82 Å². The highest BCUT2D eigenvalue weighted by molar-refractivity contribution is 5.95. The fourth-order valence-electron chi connectivity index (χ4n) is 3.76. The Morgan fingerprint density at radius 1 is 1.06 bits per heavy atom. The average Bonchev–Trinajstić information content (AvgIpc) is 3.24. The van der Waals surface area contributed by atoms with Gasteiger partial charge in [0.05, 0.1) is 17.1 Å². The van der Waals surface area contributed by atoms with Crippen LogP contribution in [0.4, 0.5) is 10.1 Å². The van der Waals surface area contributed by atoms with Crippen molar-refractivity contribution in [1.29, 1.82) is 0 Å². The number of H-pyrrole nitrogens is 1. The van der Waals surface area contributed by atoms with E-state index in [1.807, 2.05) is 50.2 Å². The van der Waals surface area contributed by atoms with E-state index in [4.69, 9.17) is 0 Å². The number of rotatable bonds is 5. The number of hydrogen-bond acceptors (Lipinski definition) is 4. The minimum absolute atomic E-state index is 0.0665. The van der Waals surface area contributed by atoms with Gasteiger partial charge in [0, 0.05) is 48.9 Å². The Bertz CT molecular complexity index is 1070. The number of amides is 1. The van der Waals surface area contributed by atoms with E-state index in [2.05, 4.69) is 32.4 Å². The minimum Gasteiger partial charge on any atom is -0.367 e. The third-order valence-electron chi connectivity index (χ3n) is 5.52. The molecule has 0 aliphatic carbocycles. The molecular formula is C24H28FN5O. The molecule has 0 saturated carbocycles. The number of carbonyl (C=O) groups is 1. The fraction of sp³-hybridized carbons (Fsp3) is 0.333. The first-order chi connectivity index (χ1) is 14.9. The SMILES string of the molecule is CC(C)NC(=O)c1cccc(-c2cc(-c3ccc(N4CCN(C)CC4)c(F)c3)[nH]n2)c1. The first-order valence-electron chi connectivity index (χ1n) is 10.6. The van der Waals surface area contributed by atoms with Gasteiger partial charge >= 0.3 is 0 Å². The number of anilines is 1. The molecule has 7 heteroatoms. The molecule has 0 bridgehead atoms. The van der Waals surface area contributed by atoms with E-state index in [1.165, 1.54) is 0 Å². The van der Waals surface area contributed by atoms with Crippen LogP contribution in [0.2, 0.25) is 0 Å². The van der Waals surface area contributed by atoms with Gasteiger partial charge in [0.15, 0.2) is 0 Å². The van der Waals surface area contributed by atoms with Gasteiger partial charge in [0.25, 0.3) is 5.91 Å². The molecular weight excluding hydrogens is 393 g/mol. The number of benzene rings is 2. The Morgan fingerprint density at radius 2 is 1.84 bits per heavy atom. The van der Waals surface area contributed by atoms with Crippen molar-refractivity contribution >= 4 is 11.6 Å². The summed E-state index contributed by atoms with van der Waals surface area (Å²) >= 11 is 0. The summed E-state index contributed by atoms with van der Waals surface area (Å²) in [4.78, 5) is 16.6. The van der Waals surface area contributed by atoms with Crippen molar-refractivity contribution in [3.63, 3.8) is 0 Å². The molecule has 3 aromatic rings. The lowest BCUT2D eigenvalue weighted by Gasteiger charge is -2.34. The van der Waals surface area contributed by atoms with Crippen molar-refractivity contribution in [1.82, 2.24) is 20.4 Å². The number of halogens is 1. The van der Waals surface area contributed by atoms with Crippen LogP contribution in [0.15, 0.2) is 48.5 Å². The Morgan fingerprint density at radius 3 is 2.55 bits per heavy atom. The summed E-state index contributed by atoms with van der Waals surface area (Å²) < 4.78 is 14.9. The maximum Gasteiger partial charge on any atom is 0.251 e. The van der Waals surface area contributed by atoms with Gasteiger partial charge in [-0.15, -0.1) is 0 Å². The second-order valence-electron chi connectivity index (χ2n) is 8.33. The van der Waals surface area contributed by atoms with Gasteiger partial charge in [-0.2, -0.15) is 5.10 Å². The van der Waals surface area contributed by atoms with Crippen molar-refractivity contribution in [3.8, 4) is 22.5 Å². The predicted octanol–water partition coefficient (Wildman–Crippen LogP) is 3.77. The van der Waals surface area contributed by atoms with Crippen LogP contribution in [0, 0.1) is 5.82 Å². The highest BCUT2D eigenvalue weighted by Gasteiger charge is 2.18. The Hall–Kier alpha value is -3.19. The van der Waals surface area contributed by atoms with Crippen molar-refractivity contribution in [3.05, 3.63) is 59.9 Å². The third kappa shape index (κ3) is 4.77. The molecule has 1 aromatic heterocycles. The Balaban J connectivity index is 1.54. The molecule has 0 radical (unpaired) electrons. The molecule has 0 atom stereocenters. The van der Waals surface area contributed by atoms with Crippen LogP contribution in [0.1, 0.15) is 24.2 Å². The topological polar surface area (TPSA) is 64.3 Å². The van der Waals surface area contributed by atoms with Gasteiger partial charge in [0.2, 0.25) is 0 Å². The van der Waals surface area contributed by atoms with Crippen LogP contribution in [-0.2, 0) is 0 Å². The summed E-state index contributed by atoms with van der Waals surface area (Å²) in [5, 5.41) is 10.3. The average molecular weight is 422 g/mol. The number of carbonyl (C=O) groups excluding carboxylic acids is 1. The number of piperazine rings is 1. The summed E-state index contributed by atoms with van der Waals surface area (Å²) in [5.74, 6) is -0.347. The molecule has 1 saturated heterocycles. The van der Waals surface area contributed by atoms with E-state index in [0.29, 0.717) is 16.9 Å². The van der Waals surface area contributed by atoms with Gasteiger partial charge in [-0.25, -0.2) is 4.39 Å². The monoisotopic (exact) mass is 421 g/mol. The van der Waals surface area contributed by atoms with Crippen LogP contribution in [-0.4, -0.2) is 60.3 Å². The number of likely N-dealkylation sites (N-methyl/N-ethyl adjacent to an activating group) is 1. The molecule has 31 heavy (non-hydrogen) atoms. The minimum atomic E-state index is -0.231. The van der Waals surface area contributed by atoms with Crippen LogP contribution in [0.5, 0.6) is 0 Å². The highest BCUT2D eigenvalue weighted by atomic mass is 19.1. The van der Waals surface area contributed by atoms with Crippen LogP contribution < -0.4 is 10.2 Å². The van der Waals surface area contributed by atoms with Crippen LogP contribution >= 0.6 is 0 Å². The number of aromatic amines is 1. The van der Waals surface area contributed by atoms with Crippen molar-refractivity contribution in [2.24, 2.45) is 0 Å². The van der Waals surface area contributed by atoms with E-state index >= 15 is 0 Å². The molecule has 2 aromatic carbocycles. The molecule has 4 rings (SSSR count). The maximum absolute atomic E-state index is 14.9. The smallest absolute Gasteiger partial charge is 0.251 e. The Labute approximate surface area is 182 Å². The largest absolute Gasteiger partial charge is 0.367 e. The van der Waals surface area contributed by atoms with Gasteiger partial charge in [-0.3, -0.25) is 9.89 Å². The number of nitrogens with zero attached hydrogens (tertiary/aromatic N) is 3. The zero-order valence-corrected chi connectivity index (χ0v) is 18.2. The van der Waals surface area contributed by atoms with Crippen molar-refractivity contribution in [2.75, 3.05) is 38.1 Å². The normalized spacial score (nSPS) is 14.8. The van der Waals surface area contributed by atoms with Gasteiger partial charge < -0.3 is 15.1 Å². The number of aromatic nitrogens is 2. The van der Waals surface area contributed by atoms with E-state index in [9.17, 15) is 9.18 Å². The summed E-state index contributed by atoms with van der Waals surface area (Å²) in [5.41, 5.74) is 4.23. The maximum atomic E-state index is 14.9. The zero-order chi connectivity index (χ0) is 22.0. The van der Waals surface area contributed by atoms with Crippen LogP contribution in [0.3, 0.4) is 0 Å². The standard InChI is InChI=1S/C24H28FN5O/c1-16(2)26-24(31)19-6-4-5-17(13-19)21-15-22(28-27-21)18-7-8-23(20(25)14-18)30-11-9-29(3)10-12-30/h4-8,13-16H,9-12H2,1-3H3,(H,26,31)(H,27,28). The molecule has 0 unspecified atom stereocenters. The molecule has 162 valence electrons. The second-order valence-corrected chi connectivity index (χ2v) is 8.33. The summed E-state index contributed by atoms with van der Waals surface area (Å²) in [7, 11) is 2.08. The molecule has 2 heterocycles. The lowest BCUT2D eigenvalue weighted by molar-refractivity contribution is 0.0943. The van der Waals surface area contributed by atoms with Gasteiger partial charge in [-0.1, -0.05) is 18.2 Å². The number of nitrogens with one attached hydrogen (secondary N) is 2. The zero-order valence-electron chi connectivity index (χ0n) is 18.2. The highest BCUT2D eigenvalue weighted by Crippen LogP contribution is 2.29.